The average molecular weight is 128 g/mol. The van der Waals surface area contributed by atoms with Crippen LogP contribution in [0.3, 0.4) is 0 Å². The first-order chi connectivity index (χ1) is 4.20. The van der Waals surface area contributed by atoms with Gasteiger partial charge in [-0.2, -0.15) is 0 Å². The van der Waals surface area contributed by atoms with Gasteiger partial charge in [0, 0.05) is 0 Å². The van der Waals surface area contributed by atoms with Crippen molar-refractivity contribution in [2.24, 2.45) is 11.8 Å². The maximum absolute atomic E-state index is 9.30. The van der Waals surface area contributed by atoms with Gasteiger partial charge in [0.15, 0.2) is 0 Å². The van der Waals surface area contributed by atoms with Crippen molar-refractivity contribution in [1.82, 2.24) is 0 Å². The van der Waals surface area contributed by atoms with Crippen LogP contribution in [0.4, 0.5) is 0 Å². The molecule has 0 amide bonds. The van der Waals surface area contributed by atoms with Gasteiger partial charge in [-0.1, -0.05) is 13.8 Å². The van der Waals surface area contributed by atoms with Crippen LogP contribution in [0.2, 0.25) is 0 Å². The standard InChI is InChI=1S/C8H16O/c1-6-3-4-8(9)7(2)5-6/h6-9H,3-5H2,1-2H3/t6?,7?,8-/m0/s1. The molecule has 0 spiro atoms. The number of aliphatic hydroxyl groups is 1. The van der Waals surface area contributed by atoms with E-state index >= 15 is 0 Å². The Morgan fingerprint density at radius 2 is 1.89 bits per heavy atom. The lowest BCUT2D eigenvalue weighted by Gasteiger charge is -2.28. The van der Waals surface area contributed by atoms with Crippen molar-refractivity contribution in [2.45, 2.75) is 39.2 Å². The van der Waals surface area contributed by atoms with Gasteiger partial charge in [-0.25, -0.2) is 0 Å². The van der Waals surface area contributed by atoms with Gasteiger partial charge in [-0.15, -0.1) is 0 Å². The molecule has 0 aromatic heterocycles. The molecule has 1 N–H and O–H groups in total. The number of aliphatic hydroxyl groups excluding tert-OH is 1. The Morgan fingerprint density at radius 3 is 2.33 bits per heavy atom. The molecular weight excluding hydrogens is 112 g/mol. The number of hydrogen-bond donors (Lipinski definition) is 1. The second-order valence-corrected chi connectivity index (χ2v) is 3.46. The van der Waals surface area contributed by atoms with E-state index in [-0.39, 0.29) is 6.10 Å². The van der Waals surface area contributed by atoms with Gasteiger partial charge in [0.1, 0.15) is 0 Å². The third kappa shape index (κ3) is 1.68. The maximum atomic E-state index is 9.30. The monoisotopic (exact) mass is 128 g/mol. The Labute approximate surface area is 57.1 Å². The molecule has 0 aromatic carbocycles. The van der Waals surface area contributed by atoms with E-state index in [0.717, 1.165) is 12.3 Å². The molecule has 0 aliphatic heterocycles. The molecule has 0 aromatic rings. The van der Waals surface area contributed by atoms with Gasteiger partial charge in [-0.05, 0) is 31.1 Å². The summed E-state index contributed by atoms with van der Waals surface area (Å²) in [6, 6.07) is 0. The van der Waals surface area contributed by atoms with Crippen LogP contribution in [0.15, 0.2) is 0 Å². The Kier molecular flexibility index (Phi) is 2.12. The van der Waals surface area contributed by atoms with E-state index in [2.05, 4.69) is 13.8 Å². The van der Waals surface area contributed by atoms with Gasteiger partial charge >= 0.3 is 0 Å². The first-order valence-electron chi connectivity index (χ1n) is 3.88. The van der Waals surface area contributed by atoms with Crippen LogP contribution in [0.5, 0.6) is 0 Å². The van der Waals surface area contributed by atoms with Crippen molar-refractivity contribution in [2.75, 3.05) is 0 Å². The highest BCUT2D eigenvalue weighted by molar-refractivity contribution is 4.74. The van der Waals surface area contributed by atoms with Gasteiger partial charge in [0.25, 0.3) is 0 Å². The fourth-order valence-corrected chi connectivity index (χ4v) is 1.65. The summed E-state index contributed by atoms with van der Waals surface area (Å²) in [4.78, 5) is 0. The summed E-state index contributed by atoms with van der Waals surface area (Å²) in [6.45, 7) is 4.41. The number of rotatable bonds is 0. The third-order valence-electron chi connectivity index (χ3n) is 2.39. The molecule has 1 nitrogen and oxygen atoms in total. The molecule has 0 saturated heterocycles. The quantitative estimate of drug-likeness (QED) is 0.527. The summed E-state index contributed by atoms with van der Waals surface area (Å²) in [6.07, 6.45) is 3.43. The summed E-state index contributed by atoms with van der Waals surface area (Å²) >= 11 is 0. The lowest BCUT2D eigenvalue weighted by atomic mass is 9.81. The average Bonchev–Trinajstić information content (AvgIpc) is 1.80. The molecule has 9 heavy (non-hydrogen) atoms. The lowest BCUT2D eigenvalue weighted by Crippen LogP contribution is -2.25. The van der Waals surface area contributed by atoms with E-state index in [9.17, 15) is 5.11 Å². The summed E-state index contributed by atoms with van der Waals surface area (Å²) in [5.74, 6) is 1.37. The van der Waals surface area contributed by atoms with Gasteiger partial charge < -0.3 is 5.11 Å². The highest BCUT2D eigenvalue weighted by Crippen LogP contribution is 2.28. The van der Waals surface area contributed by atoms with Gasteiger partial charge in [0.05, 0.1) is 6.10 Å². The normalized spacial score (nSPS) is 45.0. The number of hydrogen-bond acceptors (Lipinski definition) is 1. The van der Waals surface area contributed by atoms with Gasteiger partial charge in [0.2, 0.25) is 0 Å². The molecule has 2 unspecified atom stereocenters. The first-order valence-corrected chi connectivity index (χ1v) is 3.88. The molecular formula is C8H16O. The molecule has 1 fully saturated rings. The Balaban J connectivity index is 2.35. The minimum absolute atomic E-state index is 0.0128. The largest absolute Gasteiger partial charge is 0.393 e. The van der Waals surface area contributed by atoms with E-state index in [1.165, 1.54) is 12.8 Å². The van der Waals surface area contributed by atoms with E-state index < -0.39 is 0 Å². The molecule has 0 heterocycles. The van der Waals surface area contributed by atoms with Crippen LogP contribution in [0.25, 0.3) is 0 Å². The minimum Gasteiger partial charge on any atom is -0.393 e. The van der Waals surface area contributed by atoms with Crippen LogP contribution in [0.1, 0.15) is 33.1 Å². The molecule has 0 radical (unpaired) electrons. The molecule has 1 aliphatic rings. The van der Waals surface area contributed by atoms with Crippen LogP contribution in [0, 0.1) is 11.8 Å². The summed E-state index contributed by atoms with van der Waals surface area (Å²) in [7, 11) is 0. The van der Waals surface area contributed by atoms with Gasteiger partial charge in [-0.3, -0.25) is 0 Å². The van der Waals surface area contributed by atoms with Crippen molar-refractivity contribution in [3.8, 4) is 0 Å². The lowest BCUT2D eigenvalue weighted by molar-refractivity contribution is 0.0611. The van der Waals surface area contributed by atoms with Crippen molar-refractivity contribution < 1.29 is 5.11 Å². The zero-order chi connectivity index (χ0) is 6.85. The highest BCUT2D eigenvalue weighted by atomic mass is 16.3. The predicted molar refractivity (Wildman–Crippen MR) is 38.2 cm³/mol. The first kappa shape index (κ1) is 7.07. The fraction of sp³-hybridized carbons (Fsp3) is 1.00. The molecule has 3 atom stereocenters. The van der Waals surface area contributed by atoms with Crippen LogP contribution >= 0.6 is 0 Å². The molecule has 1 heteroatoms. The van der Waals surface area contributed by atoms with E-state index in [1.807, 2.05) is 0 Å². The molecule has 54 valence electrons. The summed E-state index contributed by atoms with van der Waals surface area (Å²) in [5, 5.41) is 9.30. The molecule has 1 rings (SSSR count). The Hall–Kier alpha value is -0.0400. The van der Waals surface area contributed by atoms with Crippen molar-refractivity contribution in [3.05, 3.63) is 0 Å². The predicted octanol–water partition coefficient (Wildman–Crippen LogP) is 1.80. The van der Waals surface area contributed by atoms with E-state index in [1.54, 1.807) is 0 Å². The second-order valence-electron chi connectivity index (χ2n) is 3.46. The third-order valence-corrected chi connectivity index (χ3v) is 2.39. The van der Waals surface area contributed by atoms with E-state index in [4.69, 9.17) is 0 Å². The smallest absolute Gasteiger partial charge is 0.0566 e. The van der Waals surface area contributed by atoms with Crippen molar-refractivity contribution in [3.63, 3.8) is 0 Å². The zero-order valence-electron chi connectivity index (χ0n) is 6.30. The molecule has 1 saturated carbocycles. The van der Waals surface area contributed by atoms with Crippen LogP contribution < -0.4 is 0 Å². The van der Waals surface area contributed by atoms with E-state index in [0.29, 0.717) is 5.92 Å². The minimum atomic E-state index is -0.0128. The molecule has 1 aliphatic carbocycles. The summed E-state index contributed by atoms with van der Waals surface area (Å²) < 4.78 is 0. The second kappa shape index (κ2) is 2.70. The Bertz CT molecular complexity index is 90.6. The highest BCUT2D eigenvalue weighted by Gasteiger charge is 2.22. The van der Waals surface area contributed by atoms with Crippen LogP contribution in [-0.2, 0) is 0 Å². The van der Waals surface area contributed by atoms with Crippen molar-refractivity contribution >= 4 is 0 Å². The topological polar surface area (TPSA) is 20.2 Å². The summed E-state index contributed by atoms with van der Waals surface area (Å²) in [5.41, 5.74) is 0. The van der Waals surface area contributed by atoms with Crippen LogP contribution in [-0.4, -0.2) is 11.2 Å². The Morgan fingerprint density at radius 1 is 1.22 bits per heavy atom. The molecule has 0 bridgehead atoms. The SMILES string of the molecule is CC1CC[C@H](O)C(C)C1. The maximum Gasteiger partial charge on any atom is 0.0566 e. The fourth-order valence-electron chi connectivity index (χ4n) is 1.65. The zero-order valence-corrected chi connectivity index (χ0v) is 6.30. The van der Waals surface area contributed by atoms with Crippen molar-refractivity contribution in [1.29, 1.82) is 0 Å².